The molecule has 0 bridgehead atoms. The maximum Gasteiger partial charge on any atom is 0.234 e. The van der Waals surface area contributed by atoms with Gasteiger partial charge in [-0.1, -0.05) is 0 Å². The maximum atomic E-state index is 11.0. The van der Waals surface area contributed by atoms with E-state index in [1.54, 1.807) is 4.90 Å². The van der Waals surface area contributed by atoms with Crippen LogP contribution < -0.4 is 11.1 Å². The van der Waals surface area contributed by atoms with Crippen LogP contribution in [0.5, 0.6) is 0 Å². The summed E-state index contributed by atoms with van der Waals surface area (Å²) < 4.78 is 0. The SMILES string of the molecule is CC1(C)CNC(=O)CN1CC(N)=O. The van der Waals surface area contributed by atoms with Crippen LogP contribution in [0.25, 0.3) is 0 Å². The summed E-state index contributed by atoms with van der Waals surface area (Å²) in [6, 6.07) is 0. The number of nitrogens with one attached hydrogen (secondary N) is 1. The van der Waals surface area contributed by atoms with Crippen LogP contribution in [-0.4, -0.2) is 41.9 Å². The van der Waals surface area contributed by atoms with Crippen molar-refractivity contribution in [1.82, 2.24) is 10.2 Å². The molecule has 0 radical (unpaired) electrons. The van der Waals surface area contributed by atoms with E-state index in [2.05, 4.69) is 5.32 Å². The van der Waals surface area contributed by atoms with Gasteiger partial charge < -0.3 is 11.1 Å². The van der Waals surface area contributed by atoms with Gasteiger partial charge in [-0.05, 0) is 13.8 Å². The van der Waals surface area contributed by atoms with Gasteiger partial charge in [-0.15, -0.1) is 0 Å². The Kier molecular flexibility index (Phi) is 2.56. The van der Waals surface area contributed by atoms with E-state index in [-0.39, 0.29) is 24.5 Å². The van der Waals surface area contributed by atoms with E-state index in [4.69, 9.17) is 5.73 Å². The largest absolute Gasteiger partial charge is 0.369 e. The van der Waals surface area contributed by atoms with E-state index in [9.17, 15) is 9.59 Å². The fourth-order valence-electron chi connectivity index (χ4n) is 1.33. The van der Waals surface area contributed by atoms with Gasteiger partial charge in [-0.25, -0.2) is 0 Å². The number of piperazine rings is 1. The highest BCUT2D eigenvalue weighted by Gasteiger charge is 2.33. The fraction of sp³-hybridized carbons (Fsp3) is 0.750. The van der Waals surface area contributed by atoms with Crippen LogP contribution in [0.3, 0.4) is 0 Å². The normalized spacial score (nSPS) is 22.5. The number of rotatable bonds is 2. The van der Waals surface area contributed by atoms with Crippen molar-refractivity contribution in [3.63, 3.8) is 0 Å². The van der Waals surface area contributed by atoms with Crippen LogP contribution in [0.4, 0.5) is 0 Å². The van der Waals surface area contributed by atoms with Gasteiger partial charge >= 0.3 is 0 Å². The molecule has 0 aromatic heterocycles. The monoisotopic (exact) mass is 185 g/mol. The Labute approximate surface area is 77.3 Å². The molecule has 0 saturated carbocycles. The fourth-order valence-corrected chi connectivity index (χ4v) is 1.33. The minimum Gasteiger partial charge on any atom is -0.369 e. The molecular weight excluding hydrogens is 170 g/mol. The number of primary amides is 1. The number of carbonyl (C=O) groups is 2. The van der Waals surface area contributed by atoms with Crippen molar-refractivity contribution < 1.29 is 9.59 Å². The van der Waals surface area contributed by atoms with Crippen LogP contribution in [0, 0.1) is 0 Å². The second kappa shape index (κ2) is 3.33. The lowest BCUT2D eigenvalue weighted by atomic mass is 10.00. The first kappa shape index (κ1) is 9.98. The van der Waals surface area contributed by atoms with E-state index < -0.39 is 5.91 Å². The van der Waals surface area contributed by atoms with Gasteiger partial charge in [-0.2, -0.15) is 0 Å². The van der Waals surface area contributed by atoms with Crippen LogP contribution >= 0.6 is 0 Å². The second-order valence-electron chi connectivity index (χ2n) is 3.91. The summed E-state index contributed by atoms with van der Waals surface area (Å²) in [7, 11) is 0. The molecule has 1 heterocycles. The third kappa shape index (κ3) is 2.42. The molecule has 0 aliphatic carbocycles. The van der Waals surface area contributed by atoms with Gasteiger partial charge in [0.2, 0.25) is 11.8 Å². The van der Waals surface area contributed by atoms with Crippen molar-refractivity contribution in [2.45, 2.75) is 19.4 Å². The van der Waals surface area contributed by atoms with Crippen LogP contribution in [0.15, 0.2) is 0 Å². The standard InChI is InChI=1S/C8H15N3O2/c1-8(2)5-10-7(13)4-11(8)3-6(9)12/h3-5H2,1-2H3,(H2,9,12)(H,10,13). The molecular formula is C8H15N3O2. The van der Waals surface area contributed by atoms with Crippen molar-refractivity contribution in [2.24, 2.45) is 5.73 Å². The van der Waals surface area contributed by atoms with Gasteiger partial charge in [-0.3, -0.25) is 14.5 Å². The molecule has 1 rings (SSSR count). The third-order valence-corrected chi connectivity index (χ3v) is 2.26. The predicted molar refractivity (Wildman–Crippen MR) is 47.9 cm³/mol. The summed E-state index contributed by atoms with van der Waals surface area (Å²) in [5.41, 5.74) is 4.89. The topological polar surface area (TPSA) is 75.4 Å². The van der Waals surface area contributed by atoms with Crippen LogP contribution in [-0.2, 0) is 9.59 Å². The Hall–Kier alpha value is -1.10. The first-order valence-electron chi connectivity index (χ1n) is 4.22. The van der Waals surface area contributed by atoms with Crippen LogP contribution in [0.2, 0.25) is 0 Å². The summed E-state index contributed by atoms with van der Waals surface area (Å²) in [5.74, 6) is -0.455. The zero-order chi connectivity index (χ0) is 10.1. The van der Waals surface area contributed by atoms with Crippen molar-refractivity contribution in [3.05, 3.63) is 0 Å². The van der Waals surface area contributed by atoms with Gasteiger partial charge in [0.25, 0.3) is 0 Å². The molecule has 0 spiro atoms. The summed E-state index contributed by atoms with van der Waals surface area (Å²) in [5, 5.41) is 2.74. The Morgan fingerprint density at radius 3 is 2.85 bits per heavy atom. The van der Waals surface area contributed by atoms with E-state index >= 15 is 0 Å². The lowest BCUT2D eigenvalue weighted by Crippen LogP contribution is -2.61. The Bertz CT molecular complexity index is 236. The zero-order valence-electron chi connectivity index (χ0n) is 7.96. The smallest absolute Gasteiger partial charge is 0.234 e. The quantitative estimate of drug-likeness (QED) is 0.560. The summed E-state index contributed by atoms with van der Waals surface area (Å²) in [4.78, 5) is 23.5. The molecule has 0 unspecified atom stereocenters. The zero-order valence-corrected chi connectivity index (χ0v) is 7.96. The van der Waals surface area contributed by atoms with Crippen molar-refractivity contribution in [3.8, 4) is 0 Å². The van der Waals surface area contributed by atoms with E-state index in [1.807, 2.05) is 13.8 Å². The minimum absolute atomic E-state index is 0.0550. The molecule has 74 valence electrons. The molecule has 5 heteroatoms. The molecule has 1 aliphatic rings. The predicted octanol–water partition coefficient (Wildman–Crippen LogP) is -1.32. The van der Waals surface area contributed by atoms with Gasteiger partial charge in [0, 0.05) is 12.1 Å². The number of nitrogens with two attached hydrogens (primary N) is 1. The second-order valence-corrected chi connectivity index (χ2v) is 3.91. The number of nitrogens with zero attached hydrogens (tertiary/aromatic N) is 1. The molecule has 2 amide bonds. The van der Waals surface area contributed by atoms with Gasteiger partial charge in [0.05, 0.1) is 13.1 Å². The Balaban J connectivity index is 2.66. The number of hydrogen-bond donors (Lipinski definition) is 2. The third-order valence-electron chi connectivity index (χ3n) is 2.26. The van der Waals surface area contributed by atoms with Crippen LogP contribution in [0.1, 0.15) is 13.8 Å². The summed E-state index contributed by atoms with van der Waals surface area (Å²) in [6.45, 7) is 4.88. The van der Waals surface area contributed by atoms with Crippen molar-refractivity contribution in [1.29, 1.82) is 0 Å². The first-order valence-corrected chi connectivity index (χ1v) is 4.22. The highest BCUT2D eigenvalue weighted by atomic mass is 16.2. The number of carbonyl (C=O) groups excluding carboxylic acids is 2. The lowest BCUT2D eigenvalue weighted by molar-refractivity contribution is -0.130. The molecule has 3 N–H and O–H groups in total. The molecule has 0 aromatic rings. The molecule has 1 saturated heterocycles. The highest BCUT2D eigenvalue weighted by molar-refractivity contribution is 5.81. The average molecular weight is 185 g/mol. The molecule has 1 fully saturated rings. The van der Waals surface area contributed by atoms with E-state index in [1.165, 1.54) is 0 Å². The first-order chi connectivity index (χ1) is 5.92. The summed E-state index contributed by atoms with van der Waals surface area (Å²) >= 11 is 0. The average Bonchev–Trinajstić information content (AvgIpc) is 1.97. The maximum absolute atomic E-state index is 11.0. The Morgan fingerprint density at radius 2 is 2.31 bits per heavy atom. The van der Waals surface area contributed by atoms with Crippen molar-refractivity contribution in [2.75, 3.05) is 19.6 Å². The number of amides is 2. The van der Waals surface area contributed by atoms with Gasteiger partial charge in [0.1, 0.15) is 0 Å². The molecule has 5 nitrogen and oxygen atoms in total. The van der Waals surface area contributed by atoms with E-state index in [0.717, 1.165) is 0 Å². The molecule has 0 atom stereocenters. The highest BCUT2D eigenvalue weighted by Crippen LogP contribution is 2.15. The molecule has 1 aliphatic heterocycles. The minimum atomic E-state index is -0.400. The molecule has 13 heavy (non-hydrogen) atoms. The van der Waals surface area contributed by atoms with Gasteiger partial charge in [0.15, 0.2) is 0 Å². The number of hydrogen-bond acceptors (Lipinski definition) is 3. The summed E-state index contributed by atoms with van der Waals surface area (Å²) in [6.07, 6.45) is 0. The van der Waals surface area contributed by atoms with E-state index in [0.29, 0.717) is 6.54 Å². The Morgan fingerprint density at radius 1 is 1.69 bits per heavy atom. The van der Waals surface area contributed by atoms with Crippen molar-refractivity contribution >= 4 is 11.8 Å². The lowest BCUT2D eigenvalue weighted by Gasteiger charge is -2.41. The molecule has 0 aromatic carbocycles.